The zero-order valence-corrected chi connectivity index (χ0v) is 16.7. The van der Waals surface area contributed by atoms with Crippen molar-refractivity contribution in [1.29, 1.82) is 0 Å². The largest absolute Gasteiger partial charge is 0.380 e. The van der Waals surface area contributed by atoms with Gasteiger partial charge >= 0.3 is 0 Å². The van der Waals surface area contributed by atoms with Gasteiger partial charge in [0.25, 0.3) is 0 Å². The van der Waals surface area contributed by atoms with Crippen LogP contribution in [-0.2, 0) is 26.5 Å². The molecule has 6 heteroatoms. The lowest BCUT2D eigenvalue weighted by atomic mass is 9.77. The molecule has 2 aromatic carbocycles. The van der Waals surface area contributed by atoms with Gasteiger partial charge in [0, 0.05) is 31.3 Å². The number of nitrogens with one attached hydrogen (secondary N) is 1. The summed E-state index contributed by atoms with van der Waals surface area (Å²) in [7, 11) is 1.70. The first-order valence-electron chi connectivity index (χ1n) is 9.61. The van der Waals surface area contributed by atoms with E-state index < -0.39 is 17.2 Å². The quantitative estimate of drug-likeness (QED) is 0.828. The van der Waals surface area contributed by atoms with Gasteiger partial charge in [-0.15, -0.1) is 0 Å². The lowest BCUT2D eigenvalue weighted by Gasteiger charge is -2.37. The fraction of sp³-hybridized carbons (Fsp3) is 0.455. The van der Waals surface area contributed by atoms with Crippen LogP contribution < -0.4 is 5.48 Å². The first-order valence-corrected chi connectivity index (χ1v) is 9.61. The molecule has 2 aliphatic rings. The lowest BCUT2D eigenvalue weighted by Crippen LogP contribution is -2.49. The zero-order chi connectivity index (χ0) is 20.4. The third kappa shape index (κ3) is 5.35. The molecule has 0 spiro atoms. The van der Waals surface area contributed by atoms with Crippen molar-refractivity contribution in [3.63, 3.8) is 0 Å². The fourth-order valence-corrected chi connectivity index (χ4v) is 3.38. The summed E-state index contributed by atoms with van der Waals surface area (Å²) in [5.41, 5.74) is 3.83. The molecular weight excluding hydrogens is 364 g/mol. The summed E-state index contributed by atoms with van der Waals surface area (Å²) in [6.07, 6.45) is 0.809. The molecular formula is C22H29F2NO3. The van der Waals surface area contributed by atoms with Gasteiger partial charge in [-0.25, -0.2) is 8.78 Å². The molecule has 2 unspecified atom stereocenters. The van der Waals surface area contributed by atoms with Crippen LogP contribution in [0.15, 0.2) is 48.5 Å². The van der Waals surface area contributed by atoms with Gasteiger partial charge in [-0.05, 0) is 18.1 Å². The second kappa shape index (κ2) is 11.2. The standard InChI is InChI=1S/C12H13F2NO2.C8H10O.C2H6/c13-9-1-2-10(11(14)5-9)12-7-16-4-3-8(12)6-17-15-12;1-9-7-8-5-3-2-4-6-8;1-2/h1-2,5,8,15H,3-4,6-7H2;2-6H,7H2,1H3;1-2H3. The van der Waals surface area contributed by atoms with E-state index in [2.05, 4.69) is 5.48 Å². The third-order valence-corrected chi connectivity index (χ3v) is 4.74. The molecule has 2 heterocycles. The Kier molecular flexibility index (Phi) is 8.99. The van der Waals surface area contributed by atoms with E-state index in [1.165, 1.54) is 17.7 Å². The normalized spacial score (nSPS) is 23.0. The van der Waals surface area contributed by atoms with Crippen molar-refractivity contribution >= 4 is 0 Å². The Bertz CT molecular complexity index is 714. The molecule has 2 aromatic rings. The van der Waals surface area contributed by atoms with E-state index in [9.17, 15) is 8.78 Å². The topological polar surface area (TPSA) is 39.7 Å². The van der Waals surface area contributed by atoms with Crippen LogP contribution in [-0.4, -0.2) is 26.9 Å². The molecule has 2 aliphatic heterocycles. The summed E-state index contributed by atoms with van der Waals surface area (Å²) in [5, 5.41) is 0. The van der Waals surface area contributed by atoms with Gasteiger partial charge in [0.05, 0.1) is 25.4 Å². The Morgan fingerprint density at radius 2 is 1.89 bits per heavy atom. The second-order valence-corrected chi connectivity index (χ2v) is 6.47. The Balaban J connectivity index is 0.000000216. The molecule has 0 saturated carbocycles. The van der Waals surface area contributed by atoms with E-state index >= 15 is 0 Å². The molecule has 4 rings (SSSR count). The van der Waals surface area contributed by atoms with Gasteiger partial charge in [0.2, 0.25) is 0 Å². The van der Waals surface area contributed by atoms with Crippen LogP contribution in [0.25, 0.3) is 0 Å². The Labute approximate surface area is 165 Å². The molecule has 2 atom stereocenters. The van der Waals surface area contributed by atoms with Crippen molar-refractivity contribution in [3.05, 3.63) is 71.3 Å². The van der Waals surface area contributed by atoms with Crippen molar-refractivity contribution in [2.75, 3.05) is 26.9 Å². The van der Waals surface area contributed by atoms with Gasteiger partial charge in [-0.3, -0.25) is 0 Å². The predicted octanol–water partition coefficient (Wildman–Crippen LogP) is 4.59. The molecule has 28 heavy (non-hydrogen) atoms. The summed E-state index contributed by atoms with van der Waals surface area (Å²) in [5.74, 6) is -0.968. The van der Waals surface area contributed by atoms with Crippen molar-refractivity contribution in [3.8, 4) is 0 Å². The minimum atomic E-state index is -0.671. The Morgan fingerprint density at radius 3 is 2.57 bits per heavy atom. The molecule has 2 fully saturated rings. The number of fused-ring (bicyclic) bond motifs is 1. The van der Waals surface area contributed by atoms with E-state index in [0.29, 0.717) is 32.0 Å². The average molecular weight is 393 g/mol. The number of rotatable bonds is 3. The molecule has 0 bridgehead atoms. The van der Waals surface area contributed by atoms with Gasteiger partial charge in [-0.1, -0.05) is 50.2 Å². The SMILES string of the molecule is CC.COCc1ccccc1.Fc1ccc(C23COCCC2CON3)c(F)c1. The fourth-order valence-electron chi connectivity index (χ4n) is 3.38. The summed E-state index contributed by atoms with van der Waals surface area (Å²) in [6.45, 7) is 6.24. The Hall–Kier alpha value is -1.86. The number of halogens is 2. The van der Waals surface area contributed by atoms with E-state index in [4.69, 9.17) is 14.3 Å². The Morgan fingerprint density at radius 1 is 1.14 bits per heavy atom. The van der Waals surface area contributed by atoms with Crippen molar-refractivity contribution in [1.82, 2.24) is 5.48 Å². The number of hydrogen-bond donors (Lipinski definition) is 1. The van der Waals surface area contributed by atoms with Gasteiger partial charge in [-0.2, -0.15) is 5.48 Å². The summed E-state index contributed by atoms with van der Waals surface area (Å²) < 4.78 is 37.2. The smallest absolute Gasteiger partial charge is 0.131 e. The average Bonchev–Trinajstić information content (AvgIpc) is 3.16. The maximum absolute atomic E-state index is 13.9. The van der Waals surface area contributed by atoms with Crippen LogP contribution in [0.3, 0.4) is 0 Å². The van der Waals surface area contributed by atoms with Crippen molar-refractivity contribution in [2.45, 2.75) is 32.4 Å². The first kappa shape index (κ1) is 22.4. The van der Waals surface area contributed by atoms with E-state index in [0.717, 1.165) is 12.5 Å². The summed E-state index contributed by atoms with van der Waals surface area (Å²) in [6, 6.07) is 13.7. The highest BCUT2D eigenvalue weighted by molar-refractivity contribution is 5.29. The second-order valence-electron chi connectivity index (χ2n) is 6.47. The molecule has 2 saturated heterocycles. The van der Waals surface area contributed by atoms with E-state index in [1.807, 2.05) is 44.2 Å². The molecule has 0 radical (unpaired) electrons. The third-order valence-electron chi connectivity index (χ3n) is 4.74. The van der Waals surface area contributed by atoms with Crippen LogP contribution in [0.4, 0.5) is 8.78 Å². The van der Waals surface area contributed by atoms with Gasteiger partial charge < -0.3 is 14.3 Å². The molecule has 0 amide bonds. The number of benzene rings is 2. The van der Waals surface area contributed by atoms with Crippen LogP contribution >= 0.6 is 0 Å². The summed E-state index contributed by atoms with van der Waals surface area (Å²) >= 11 is 0. The minimum absolute atomic E-state index is 0.163. The molecule has 1 N–H and O–H groups in total. The lowest BCUT2D eigenvalue weighted by molar-refractivity contribution is -0.0226. The molecule has 0 aliphatic carbocycles. The van der Waals surface area contributed by atoms with Crippen molar-refractivity contribution < 1.29 is 23.1 Å². The summed E-state index contributed by atoms with van der Waals surface area (Å²) in [4.78, 5) is 5.24. The maximum atomic E-state index is 13.9. The van der Waals surface area contributed by atoms with Gasteiger partial charge in [0.15, 0.2) is 0 Å². The van der Waals surface area contributed by atoms with E-state index in [-0.39, 0.29) is 5.92 Å². The van der Waals surface area contributed by atoms with Crippen LogP contribution in [0.1, 0.15) is 31.4 Å². The molecule has 154 valence electrons. The zero-order valence-electron chi connectivity index (χ0n) is 16.7. The van der Waals surface area contributed by atoms with E-state index in [1.54, 1.807) is 7.11 Å². The van der Waals surface area contributed by atoms with Crippen LogP contribution in [0.2, 0.25) is 0 Å². The highest BCUT2D eigenvalue weighted by Crippen LogP contribution is 2.40. The number of methoxy groups -OCH3 is 1. The predicted molar refractivity (Wildman–Crippen MR) is 105 cm³/mol. The van der Waals surface area contributed by atoms with Gasteiger partial charge in [0.1, 0.15) is 11.6 Å². The van der Waals surface area contributed by atoms with Crippen LogP contribution in [0.5, 0.6) is 0 Å². The minimum Gasteiger partial charge on any atom is -0.380 e. The molecule has 4 nitrogen and oxygen atoms in total. The van der Waals surface area contributed by atoms with Crippen LogP contribution in [0, 0.1) is 17.6 Å². The highest BCUT2D eigenvalue weighted by Gasteiger charge is 2.49. The highest BCUT2D eigenvalue weighted by atomic mass is 19.1. The molecule has 0 aromatic heterocycles. The number of ether oxygens (including phenoxy) is 2. The number of hydroxylamine groups is 1. The maximum Gasteiger partial charge on any atom is 0.131 e. The number of hydrogen-bond acceptors (Lipinski definition) is 4. The first-order chi connectivity index (χ1) is 13.7. The monoisotopic (exact) mass is 393 g/mol. The van der Waals surface area contributed by atoms with Crippen molar-refractivity contribution in [2.24, 2.45) is 5.92 Å².